The molecule has 0 heterocycles. The van der Waals surface area contributed by atoms with E-state index in [4.69, 9.17) is 4.74 Å². The molecule has 6 heteroatoms. The van der Waals surface area contributed by atoms with Gasteiger partial charge in [0.15, 0.2) is 6.61 Å². The SMILES string of the molecule is CCc1ccccc1NC(=O)CNC(=O)COC(=O)CCC1CCCC1. The third-order valence-electron chi connectivity index (χ3n) is 4.71. The van der Waals surface area contributed by atoms with E-state index in [-0.39, 0.29) is 25.0 Å². The van der Waals surface area contributed by atoms with E-state index < -0.39 is 5.91 Å². The molecule has 0 bridgehead atoms. The predicted molar refractivity (Wildman–Crippen MR) is 99.6 cm³/mol. The van der Waals surface area contributed by atoms with Gasteiger partial charge in [0, 0.05) is 12.1 Å². The Morgan fingerprint density at radius 1 is 1.12 bits per heavy atom. The summed E-state index contributed by atoms with van der Waals surface area (Å²) in [5.74, 6) is -0.524. The van der Waals surface area contributed by atoms with Gasteiger partial charge in [0.05, 0.1) is 6.54 Å². The Morgan fingerprint density at radius 2 is 1.85 bits per heavy atom. The molecule has 1 aromatic carbocycles. The molecule has 2 amide bonds. The highest BCUT2D eigenvalue weighted by molar-refractivity contribution is 5.95. The van der Waals surface area contributed by atoms with Crippen LogP contribution < -0.4 is 10.6 Å². The van der Waals surface area contributed by atoms with E-state index in [1.165, 1.54) is 25.7 Å². The molecule has 0 saturated heterocycles. The largest absolute Gasteiger partial charge is 0.456 e. The molecule has 0 aromatic heterocycles. The molecule has 1 aliphatic carbocycles. The van der Waals surface area contributed by atoms with E-state index in [2.05, 4.69) is 10.6 Å². The van der Waals surface area contributed by atoms with Crippen molar-refractivity contribution < 1.29 is 19.1 Å². The Bertz CT molecular complexity index is 624. The molecule has 0 aliphatic heterocycles. The summed E-state index contributed by atoms with van der Waals surface area (Å²) in [6, 6.07) is 7.53. The van der Waals surface area contributed by atoms with Gasteiger partial charge in [0.2, 0.25) is 5.91 Å². The standard InChI is InChI=1S/C20H28N2O4/c1-2-16-9-5-6-10-17(16)22-18(23)13-21-19(24)14-26-20(25)12-11-15-7-3-4-8-15/h5-6,9-10,15H,2-4,7-8,11-14H2,1H3,(H,21,24)(H,22,23). The molecular formula is C20H28N2O4. The van der Waals surface area contributed by atoms with Crippen LogP contribution in [0.15, 0.2) is 24.3 Å². The molecule has 6 nitrogen and oxygen atoms in total. The van der Waals surface area contributed by atoms with Crippen LogP contribution in [0.2, 0.25) is 0 Å². The van der Waals surface area contributed by atoms with Crippen molar-refractivity contribution in [3.63, 3.8) is 0 Å². The van der Waals surface area contributed by atoms with Crippen LogP contribution in [-0.2, 0) is 25.5 Å². The zero-order chi connectivity index (χ0) is 18.8. The molecule has 0 unspecified atom stereocenters. The second-order valence-electron chi connectivity index (χ2n) is 6.69. The summed E-state index contributed by atoms with van der Waals surface area (Å²) < 4.78 is 4.97. The average molecular weight is 360 g/mol. The topological polar surface area (TPSA) is 84.5 Å². The number of hydrogen-bond donors (Lipinski definition) is 2. The van der Waals surface area contributed by atoms with Crippen LogP contribution in [-0.4, -0.2) is 30.9 Å². The number of ether oxygens (including phenoxy) is 1. The molecule has 0 atom stereocenters. The maximum absolute atomic E-state index is 11.9. The molecule has 1 aliphatic rings. The first-order valence-electron chi connectivity index (χ1n) is 9.38. The van der Waals surface area contributed by atoms with Crippen LogP contribution in [0.3, 0.4) is 0 Å². The number of amides is 2. The Kier molecular flexibility index (Phi) is 8.12. The number of anilines is 1. The molecule has 142 valence electrons. The lowest BCUT2D eigenvalue weighted by Crippen LogP contribution is -2.35. The lowest BCUT2D eigenvalue weighted by molar-refractivity contribution is -0.148. The van der Waals surface area contributed by atoms with E-state index in [1.54, 1.807) is 0 Å². The van der Waals surface area contributed by atoms with Crippen LogP contribution in [0.5, 0.6) is 0 Å². The Hall–Kier alpha value is -2.37. The van der Waals surface area contributed by atoms with Crippen molar-refractivity contribution in [1.29, 1.82) is 0 Å². The minimum atomic E-state index is -0.474. The molecule has 1 saturated carbocycles. The van der Waals surface area contributed by atoms with Gasteiger partial charge in [-0.25, -0.2) is 0 Å². The number of carbonyl (C=O) groups is 3. The normalized spacial score (nSPS) is 14.0. The smallest absolute Gasteiger partial charge is 0.306 e. The second kappa shape index (κ2) is 10.6. The highest BCUT2D eigenvalue weighted by Gasteiger charge is 2.17. The van der Waals surface area contributed by atoms with Crippen molar-refractivity contribution in [2.75, 3.05) is 18.5 Å². The molecule has 0 radical (unpaired) electrons. The Balaban J connectivity index is 1.61. The number of carbonyl (C=O) groups excluding carboxylic acids is 3. The predicted octanol–water partition coefficient (Wildman–Crippen LogP) is 2.82. The quantitative estimate of drug-likeness (QED) is 0.663. The number of para-hydroxylation sites is 1. The van der Waals surface area contributed by atoms with E-state index in [1.807, 2.05) is 31.2 Å². The number of esters is 1. The second-order valence-corrected chi connectivity index (χ2v) is 6.69. The first kappa shape index (κ1) is 19.9. The van der Waals surface area contributed by atoms with Crippen molar-refractivity contribution in [2.45, 2.75) is 51.9 Å². The first-order valence-corrected chi connectivity index (χ1v) is 9.38. The van der Waals surface area contributed by atoms with E-state index in [9.17, 15) is 14.4 Å². The van der Waals surface area contributed by atoms with E-state index in [0.717, 1.165) is 24.1 Å². The molecule has 1 fully saturated rings. The fourth-order valence-corrected chi connectivity index (χ4v) is 3.21. The van der Waals surface area contributed by atoms with E-state index >= 15 is 0 Å². The summed E-state index contributed by atoms with van der Waals surface area (Å²) in [6.07, 6.45) is 6.85. The van der Waals surface area contributed by atoms with Gasteiger partial charge in [0.1, 0.15) is 0 Å². The molecule has 2 N–H and O–H groups in total. The van der Waals surface area contributed by atoms with Crippen LogP contribution in [0.4, 0.5) is 5.69 Å². The molecule has 1 aromatic rings. The number of benzene rings is 1. The van der Waals surface area contributed by atoms with Gasteiger partial charge in [-0.2, -0.15) is 0 Å². The van der Waals surface area contributed by atoms with Crippen molar-refractivity contribution >= 4 is 23.5 Å². The van der Waals surface area contributed by atoms with Crippen LogP contribution in [0.25, 0.3) is 0 Å². The van der Waals surface area contributed by atoms with E-state index in [0.29, 0.717) is 12.3 Å². The highest BCUT2D eigenvalue weighted by Crippen LogP contribution is 2.28. The van der Waals surface area contributed by atoms with Gasteiger partial charge in [-0.1, -0.05) is 50.8 Å². The van der Waals surface area contributed by atoms with Crippen molar-refractivity contribution in [3.8, 4) is 0 Å². The van der Waals surface area contributed by atoms with Gasteiger partial charge in [-0.05, 0) is 30.4 Å². The van der Waals surface area contributed by atoms with Crippen LogP contribution in [0.1, 0.15) is 51.0 Å². The summed E-state index contributed by atoms with van der Waals surface area (Å²) in [4.78, 5) is 35.3. The van der Waals surface area contributed by atoms with Gasteiger partial charge in [0.25, 0.3) is 5.91 Å². The zero-order valence-corrected chi connectivity index (χ0v) is 15.4. The average Bonchev–Trinajstić information content (AvgIpc) is 3.17. The van der Waals surface area contributed by atoms with Crippen LogP contribution >= 0.6 is 0 Å². The summed E-state index contributed by atoms with van der Waals surface area (Å²) in [6.45, 7) is 1.51. The maximum Gasteiger partial charge on any atom is 0.306 e. The number of hydrogen-bond acceptors (Lipinski definition) is 4. The summed E-state index contributed by atoms with van der Waals surface area (Å²) in [5.41, 5.74) is 1.77. The Labute approximate surface area is 154 Å². The summed E-state index contributed by atoms with van der Waals surface area (Å²) >= 11 is 0. The summed E-state index contributed by atoms with van der Waals surface area (Å²) in [7, 11) is 0. The van der Waals surface area contributed by atoms with Gasteiger partial charge in [-0.15, -0.1) is 0 Å². The fraction of sp³-hybridized carbons (Fsp3) is 0.550. The first-order chi connectivity index (χ1) is 12.6. The minimum Gasteiger partial charge on any atom is -0.456 e. The minimum absolute atomic E-state index is 0.156. The molecule has 2 rings (SSSR count). The van der Waals surface area contributed by atoms with Gasteiger partial charge in [-0.3, -0.25) is 14.4 Å². The van der Waals surface area contributed by atoms with Gasteiger partial charge >= 0.3 is 5.97 Å². The Morgan fingerprint density at radius 3 is 2.58 bits per heavy atom. The van der Waals surface area contributed by atoms with Crippen LogP contribution in [0, 0.1) is 5.92 Å². The fourth-order valence-electron chi connectivity index (χ4n) is 3.21. The molecule has 0 spiro atoms. The lowest BCUT2D eigenvalue weighted by atomic mass is 10.0. The molecular weight excluding hydrogens is 332 g/mol. The zero-order valence-electron chi connectivity index (χ0n) is 15.4. The maximum atomic E-state index is 11.9. The van der Waals surface area contributed by atoms with Gasteiger partial charge < -0.3 is 15.4 Å². The third kappa shape index (κ3) is 6.86. The van der Waals surface area contributed by atoms with Crippen molar-refractivity contribution in [2.24, 2.45) is 5.92 Å². The number of aryl methyl sites for hydroxylation is 1. The number of rotatable bonds is 9. The van der Waals surface area contributed by atoms with Crippen molar-refractivity contribution in [1.82, 2.24) is 5.32 Å². The molecule has 26 heavy (non-hydrogen) atoms. The lowest BCUT2D eigenvalue weighted by Gasteiger charge is -2.11. The summed E-state index contributed by atoms with van der Waals surface area (Å²) in [5, 5.41) is 5.24. The van der Waals surface area contributed by atoms with Crippen molar-refractivity contribution in [3.05, 3.63) is 29.8 Å². The number of nitrogens with one attached hydrogen (secondary N) is 2. The third-order valence-corrected chi connectivity index (χ3v) is 4.71. The highest BCUT2D eigenvalue weighted by atomic mass is 16.5. The monoisotopic (exact) mass is 360 g/mol.